The Morgan fingerprint density at radius 1 is 1.18 bits per heavy atom. The molecule has 1 heterocycles. The number of hydrogen-bond donors (Lipinski definition) is 2. The normalized spacial score (nSPS) is 30.8. The molecular formula is C17H32N2O3. The molecule has 0 aromatic rings. The van der Waals surface area contributed by atoms with Crippen molar-refractivity contribution >= 4 is 6.09 Å². The quantitative estimate of drug-likeness (QED) is 0.838. The fourth-order valence-corrected chi connectivity index (χ4v) is 3.42. The third-order valence-electron chi connectivity index (χ3n) is 4.42. The molecule has 0 spiro atoms. The van der Waals surface area contributed by atoms with Gasteiger partial charge < -0.3 is 20.1 Å². The van der Waals surface area contributed by atoms with Gasteiger partial charge in [0.15, 0.2) is 0 Å². The zero-order valence-corrected chi connectivity index (χ0v) is 14.5. The summed E-state index contributed by atoms with van der Waals surface area (Å²) in [6, 6.07) is 1.04. The highest BCUT2D eigenvalue weighted by Gasteiger charge is 2.29. The summed E-state index contributed by atoms with van der Waals surface area (Å²) >= 11 is 0. The number of alkyl carbamates (subject to hydrolysis) is 1. The standard InChI is InChI=1S/C17H32N2O3/c1-12(15-9-6-10-21-15)18-13-7-5-8-14(11-13)19-16(20)22-17(2,3)4/h12-15,18H,5-11H2,1-4H3,(H,19,20). The third kappa shape index (κ3) is 5.76. The molecule has 1 aliphatic heterocycles. The predicted octanol–water partition coefficient (Wildman–Crippen LogP) is 2.98. The zero-order valence-electron chi connectivity index (χ0n) is 14.5. The topological polar surface area (TPSA) is 59.6 Å². The second-order valence-corrected chi connectivity index (χ2v) is 7.71. The van der Waals surface area contributed by atoms with E-state index >= 15 is 0 Å². The summed E-state index contributed by atoms with van der Waals surface area (Å²) in [5.41, 5.74) is -0.440. The number of carbonyl (C=O) groups excluding carboxylic acids is 1. The van der Waals surface area contributed by atoms with Crippen LogP contribution in [0.3, 0.4) is 0 Å². The lowest BCUT2D eigenvalue weighted by Crippen LogP contribution is -2.49. The van der Waals surface area contributed by atoms with E-state index in [2.05, 4.69) is 17.6 Å². The third-order valence-corrected chi connectivity index (χ3v) is 4.42. The van der Waals surface area contributed by atoms with E-state index in [0.29, 0.717) is 18.2 Å². The fourth-order valence-electron chi connectivity index (χ4n) is 3.42. The molecule has 0 aromatic heterocycles. The van der Waals surface area contributed by atoms with Crippen molar-refractivity contribution < 1.29 is 14.3 Å². The summed E-state index contributed by atoms with van der Waals surface area (Å²) < 4.78 is 11.1. The van der Waals surface area contributed by atoms with Gasteiger partial charge in [-0.25, -0.2) is 4.79 Å². The molecule has 0 radical (unpaired) electrons. The van der Waals surface area contributed by atoms with E-state index in [9.17, 15) is 4.79 Å². The van der Waals surface area contributed by atoms with E-state index in [1.54, 1.807) is 0 Å². The van der Waals surface area contributed by atoms with Gasteiger partial charge >= 0.3 is 6.09 Å². The van der Waals surface area contributed by atoms with E-state index in [-0.39, 0.29) is 12.1 Å². The highest BCUT2D eigenvalue weighted by Crippen LogP contribution is 2.22. The molecule has 1 saturated heterocycles. The number of amides is 1. The molecule has 0 bridgehead atoms. The summed E-state index contributed by atoms with van der Waals surface area (Å²) in [7, 11) is 0. The molecule has 2 N–H and O–H groups in total. The maximum absolute atomic E-state index is 11.9. The smallest absolute Gasteiger partial charge is 0.407 e. The monoisotopic (exact) mass is 312 g/mol. The van der Waals surface area contributed by atoms with Gasteiger partial charge in [0.05, 0.1) is 6.10 Å². The van der Waals surface area contributed by atoms with Crippen molar-refractivity contribution in [1.29, 1.82) is 0 Å². The highest BCUT2D eigenvalue weighted by molar-refractivity contribution is 5.68. The molecule has 2 fully saturated rings. The summed E-state index contributed by atoms with van der Waals surface area (Å²) in [5.74, 6) is 0. The molecule has 5 heteroatoms. The molecule has 1 saturated carbocycles. The van der Waals surface area contributed by atoms with E-state index in [1.165, 1.54) is 12.8 Å². The van der Waals surface area contributed by atoms with Crippen molar-refractivity contribution in [2.24, 2.45) is 0 Å². The number of ether oxygens (including phenoxy) is 2. The van der Waals surface area contributed by atoms with Crippen LogP contribution in [-0.4, -0.2) is 42.5 Å². The summed E-state index contributed by atoms with van der Waals surface area (Å²) in [6.07, 6.45) is 6.68. The van der Waals surface area contributed by atoms with Gasteiger partial charge in [0.2, 0.25) is 0 Å². The van der Waals surface area contributed by atoms with Crippen molar-refractivity contribution in [2.45, 2.75) is 96.1 Å². The Morgan fingerprint density at radius 3 is 2.55 bits per heavy atom. The van der Waals surface area contributed by atoms with Crippen molar-refractivity contribution in [3.63, 3.8) is 0 Å². The lowest BCUT2D eigenvalue weighted by atomic mass is 9.90. The van der Waals surface area contributed by atoms with Crippen molar-refractivity contribution in [3.8, 4) is 0 Å². The second-order valence-electron chi connectivity index (χ2n) is 7.71. The second kappa shape index (κ2) is 7.64. The van der Waals surface area contributed by atoms with Crippen LogP contribution in [0, 0.1) is 0 Å². The highest BCUT2D eigenvalue weighted by atomic mass is 16.6. The molecule has 4 unspecified atom stereocenters. The first kappa shape index (κ1) is 17.5. The molecule has 2 rings (SSSR count). The first-order valence-electron chi connectivity index (χ1n) is 8.70. The van der Waals surface area contributed by atoms with Crippen LogP contribution in [0.15, 0.2) is 0 Å². The number of hydrogen-bond acceptors (Lipinski definition) is 4. The van der Waals surface area contributed by atoms with Gasteiger partial charge in [-0.2, -0.15) is 0 Å². The number of carbonyl (C=O) groups is 1. The number of rotatable bonds is 4. The van der Waals surface area contributed by atoms with Crippen molar-refractivity contribution in [2.75, 3.05) is 6.61 Å². The predicted molar refractivity (Wildman–Crippen MR) is 87.0 cm³/mol. The molecule has 1 aliphatic carbocycles. The molecule has 5 nitrogen and oxygen atoms in total. The molecular weight excluding hydrogens is 280 g/mol. The number of nitrogens with one attached hydrogen (secondary N) is 2. The first-order valence-corrected chi connectivity index (χ1v) is 8.70. The SMILES string of the molecule is CC(NC1CCCC(NC(=O)OC(C)(C)C)C1)C1CCCO1. The van der Waals surface area contributed by atoms with Crippen LogP contribution in [0.5, 0.6) is 0 Å². The average molecular weight is 312 g/mol. The largest absolute Gasteiger partial charge is 0.444 e. The van der Waals surface area contributed by atoms with Gasteiger partial charge in [-0.05, 0) is 66.2 Å². The van der Waals surface area contributed by atoms with Crippen LogP contribution >= 0.6 is 0 Å². The molecule has 4 atom stereocenters. The van der Waals surface area contributed by atoms with E-state index in [4.69, 9.17) is 9.47 Å². The molecule has 128 valence electrons. The average Bonchev–Trinajstić information content (AvgIpc) is 2.90. The Balaban J connectivity index is 1.75. The first-order chi connectivity index (χ1) is 10.3. The van der Waals surface area contributed by atoms with Crippen LogP contribution in [0.4, 0.5) is 4.79 Å². The minimum Gasteiger partial charge on any atom is -0.444 e. The Labute approximate surface area is 134 Å². The van der Waals surface area contributed by atoms with Crippen LogP contribution < -0.4 is 10.6 Å². The van der Waals surface area contributed by atoms with Gasteiger partial charge in [0, 0.05) is 24.7 Å². The Morgan fingerprint density at radius 2 is 1.91 bits per heavy atom. The molecule has 1 amide bonds. The zero-order chi connectivity index (χ0) is 16.2. The van der Waals surface area contributed by atoms with Gasteiger partial charge in [-0.3, -0.25) is 0 Å². The fraction of sp³-hybridized carbons (Fsp3) is 0.941. The van der Waals surface area contributed by atoms with Crippen LogP contribution in [0.1, 0.15) is 66.2 Å². The lowest BCUT2D eigenvalue weighted by Gasteiger charge is -2.34. The molecule has 0 aromatic carbocycles. The Hall–Kier alpha value is -0.810. The van der Waals surface area contributed by atoms with Crippen LogP contribution in [-0.2, 0) is 9.47 Å². The summed E-state index contributed by atoms with van der Waals surface area (Å²) in [6.45, 7) is 8.77. The van der Waals surface area contributed by atoms with E-state index in [1.807, 2.05) is 20.8 Å². The minimum absolute atomic E-state index is 0.206. The van der Waals surface area contributed by atoms with Gasteiger partial charge in [-0.15, -0.1) is 0 Å². The van der Waals surface area contributed by atoms with Gasteiger partial charge in [0.1, 0.15) is 5.60 Å². The summed E-state index contributed by atoms with van der Waals surface area (Å²) in [4.78, 5) is 11.9. The molecule has 22 heavy (non-hydrogen) atoms. The minimum atomic E-state index is -0.440. The van der Waals surface area contributed by atoms with Crippen molar-refractivity contribution in [3.05, 3.63) is 0 Å². The summed E-state index contributed by atoms with van der Waals surface area (Å²) in [5, 5.41) is 6.71. The Bertz CT molecular complexity index is 361. The Kier molecular flexibility index (Phi) is 6.09. The maximum atomic E-state index is 11.9. The maximum Gasteiger partial charge on any atom is 0.407 e. The molecule has 2 aliphatic rings. The van der Waals surface area contributed by atoms with Gasteiger partial charge in [-0.1, -0.05) is 0 Å². The van der Waals surface area contributed by atoms with Crippen molar-refractivity contribution in [1.82, 2.24) is 10.6 Å². The lowest BCUT2D eigenvalue weighted by molar-refractivity contribution is 0.0479. The van der Waals surface area contributed by atoms with Crippen LogP contribution in [0.2, 0.25) is 0 Å². The van der Waals surface area contributed by atoms with E-state index < -0.39 is 5.60 Å². The van der Waals surface area contributed by atoms with E-state index in [0.717, 1.165) is 32.3 Å². The van der Waals surface area contributed by atoms with Gasteiger partial charge in [0.25, 0.3) is 0 Å². The van der Waals surface area contributed by atoms with Crippen LogP contribution in [0.25, 0.3) is 0 Å².